The number of aliphatic hydroxyl groups excluding tert-OH is 1. The lowest BCUT2D eigenvalue weighted by Crippen LogP contribution is -2.29. The molecule has 0 aromatic heterocycles. The van der Waals surface area contributed by atoms with Gasteiger partial charge >= 0.3 is 0 Å². The molecular formula is C9H18N2O. The van der Waals surface area contributed by atoms with Gasteiger partial charge in [-0.2, -0.15) is 5.26 Å². The maximum Gasteiger partial charge on any atom is 0.0638 e. The van der Waals surface area contributed by atoms with Gasteiger partial charge in [0.2, 0.25) is 0 Å². The van der Waals surface area contributed by atoms with Gasteiger partial charge in [0.1, 0.15) is 0 Å². The number of nitriles is 1. The maximum absolute atomic E-state index is 8.55. The first kappa shape index (κ1) is 11.4. The highest BCUT2D eigenvalue weighted by Gasteiger charge is 2.06. The summed E-state index contributed by atoms with van der Waals surface area (Å²) in [5.74, 6) is 0. The van der Waals surface area contributed by atoms with Gasteiger partial charge in [0.05, 0.1) is 12.5 Å². The van der Waals surface area contributed by atoms with Crippen molar-refractivity contribution in [1.29, 1.82) is 5.26 Å². The minimum absolute atomic E-state index is 0.264. The molecule has 0 aliphatic heterocycles. The molecule has 0 radical (unpaired) electrons. The molecule has 3 nitrogen and oxygen atoms in total. The fourth-order valence-corrected chi connectivity index (χ4v) is 0.981. The van der Waals surface area contributed by atoms with E-state index in [2.05, 4.69) is 11.0 Å². The topological polar surface area (TPSA) is 47.3 Å². The molecule has 0 aliphatic carbocycles. The second kappa shape index (κ2) is 7.08. The molecule has 0 bridgehead atoms. The third-order valence-electron chi connectivity index (χ3n) is 2.06. The second-order valence-corrected chi connectivity index (χ2v) is 3.12. The quantitative estimate of drug-likeness (QED) is 0.605. The largest absolute Gasteiger partial charge is 0.396 e. The van der Waals surface area contributed by atoms with Crippen molar-refractivity contribution >= 4 is 0 Å². The molecule has 0 aromatic carbocycles. The standard InChI is InChI=1S/C9H18N2O/c1-9(5-6-10)11(2)7-3-4-8-12/h9,12H,3-5,7-8H2,1-2H3. The van der Waals surface area contributed by atoms with Gasteiger partial charge in [0.15, 0.2) is 0 Å². The van der Waals surface area contributed by atoms with E-state index in [1.54, 1.807) is 0 Å². The van der Waals surface area contributed by atoms with Gasteiger partial charge in [-0.1, -0.05) is 0 Å². The summed E-state index contributed by atoms with van der Waals surface area (Å²) in [5, 5.41) is 17.0. The summed E-state index contributed by atoms with van der Waals surface area (Å²) in [4.78, 5) is 2.15. The van der Waals surface area contributed by atoms with Crippen molar-refractivity contribution < 1.29 is 5.11 Å². The van der Waals surface area contributed by atoms with Crippen molar-refractivity contribution in [3.63, 3.8) is 0 Å². The smallest absolute Gasteiger partial charge is 0.0638 e. The van der Waals surface area contributed by atoms with Crippen LogP contribution in [-0.4, -0.2) is 36.2 Å². The summed E-state index contributed by atoms with van der Waals surface area (Å²) < 4.78 is 0. The first-order valence-corrected chi connectivity index (χ1v) is 4.40. The van der Waals surface area contributed by atoms with E-state index in [9.17, 15) is 0 Å². The van der Waals surface area contributed by atoms with Crippen LogP contribution < -0.4 is 0 Å². The normalized spacial score (nSPS) is 12.9. The van der Waals surface area contributed by atoms with Crippen molar-refractivity contribution in [3.05, 3.63) is 0 Å². The fourth-order valence-electron chi connectivity index (χ4n) is 0.981. The van der Waals surface area contributed by atoms with Crippen molar-refractivity contribution in [2.24, 2.45) is 0 Å². The Morgan fingerprint density at radius 1 is 1.50 bits per heavy atom. The molecule has 70 valence electrons. The van der Waals surface area contributed by atoms with Crippen LogP contribution in [0.1, 0.15) is 26.2 Å². The number of nitrogens with zero attached hydrogens (tertiary/aromatic N) is 2. The van der Waals surface area contributed by atoms with Gasteiger partial charge in [-0.05, 0) is 33.4 Å². The molecule has 0 saturated carbocycles. The highest BCUT2D eigenvalue weighted by molar-refractivity contribution is 4.78. The molecule has 0 saturated heterocycles. The van der Waals surface area contributed by atoms with E-state index in [-0.39, 0.29) is 6.61 Å². The zero-order valence-corrected chi connectivity index (χ0v) is 7.95. The summed E-state index contributed by atoms with van der Waals surface area (Å²) in [6, 6.07) is 2.48. The number of hydrogen-bond donors (Lipinski definition) is 1. The Hall–Kier alpha value is -0.590. The molecular weight excluding hydrogens is 152 g/mol. The van der Waals surface area contributed by atoms with Crippen LogP contribution in [0.5, 0.6) is 0 Å². The molecule has 3 heteroatoms. The van der Waals surface area contributed by atoms with Crippen LogP contribution in [0.15, 0.2) is 0 Å². The summed E-state index contributed by atoms with van der Waals surface area (Å²) in [7, 11) is 2.01. The lowest BCUT2D eigenvalue weighted by Gasteiger charge is -2.21. The van der Waals surface area contributed by atoms with Crippen LogP contribution >= 0.6 is 0 Å². The molecule has 1 atom stereocenters. The van der Waals surface area contributed by atoms with E-state index >= 15 is 0 Å². The molecule has 0 aliphatic rings. The van der Waals surface area contributed by atoms with Crippen LogP contribution in [0.25, 0.3) is 0 Å². The third kappa shape index (κ3) is 5.11. The number of rotatable bonds is 6. The minimum atomic E-state index is 0.264. The summed E-state index contributed by atoms with van der Waals surface area (Å²) in [6.07, 6.45) is 2.43. The predicted octanol–water partition coefficient (Wildman–Crippen LogP) is 0.993. The van der Waals surface area contributed by atoms with Crippen LogP contribution in [0.3, 0.4) is 0 Å². The Labute approximate surface area is 74.6 Å². The average Bonchev–Trinajstić information content (AvgIpc) is 2.05. The summed E-state index contributed by atoms with van der Waals surface area (Å²) in [5.41, 5.74) is 0. The number of aliphatic hydroxyl groups is 1. The van der Waals surface area contributed by atoms with Crippen LogP contribution in [0, 0.1) is 11.3 Å². The van der Waals surface area contributed by atoms with Gasteiger partial charge in [0, 0.05) is 12.6 Å². The van der Waals surface area contributed by atoms with Gasteiger partial charge in [-0.15, -0.1) is 0 Å². The first-order valence-electron chi connectivity index (χ1n) is 4.40. The highest BCUT2D eigenvalue weighted by Crippen LogP contribution is 2.01. The highest BCUT2D eigenvalue weighted by atomic mass is 16.2. The molecule has 0 rings (SSSR count). The fraction of sp³-hybridized carbons (Fsp3) is 0.889. The first-order chi connectivity index (χ1) is 5.72. The average molecular weight is 170 g/mol. The lowest BCUT2D eigenvalue weighted by molar-refractivity contribution is 0.234. The maximum atomic E-state index is 8.55. The Morgan fingerprint density at radius 3 is 2.67 bits per heavy atom. The zero-order chi connectivity index (χ0) is 9.40. The third-order valence-corrected chi connectivity index (χ3v) is 2.06. The van der Waals surface area contributed by atoms with E-state index in [0.29, 0.717) is 12.5 Å². The minimum Gasteiger partial charge on any atom is -0.396 e. The zero-order valence-electron chi connectivity index (χ0n) is 7.95. The van der Waals surface area contributed by atoms with Crippen LogP contribution in [0.4, 0.5) is 0 Å². The van der Waals surface area contributed by atoms with Gasteiger partial charge < -0.3 is 10.0 Å². The van der Waals surface area contributed by atoms with Crippen molar-refractivity contribution in [2.45, 2.75) is 32.2 Å². The molecule has 12 heavy (non-hydrogen) atoms. The van der Waals surface area contributed by atoms with E-state index in [4.69, 9.17) is 10.4 Å². The number of hydrogen-bond acceptors (Lipinski definition) is 3. The second-order valence-electron chi connectivity index (χ2n) is 3.12. The SMILES string of the molecule is CC(CC#N)N(C)CCCCO. The molecule has 0 fully saturated rings. The molecule has 0 spiro atoms. The molecule has 0 heterocycles. The lowest BCUT2D eigenvalue weighted by atomic mass is 10.2. The van der Waals surface area contributed by atoms with Crippen molar-refractivity contribution in [3.8, 4) is 6.07 Å². The van der Waals surface area contributed by atoms with Crippen molar-refractivity contribution in [1.82, 2.24) is 4.90 Å². The number of unbranched alkanes of at least 4 members (excludes halogenated alkanes) is 1. The van der Waals surface area contributed by atoms with Crippen LogP contribution in [-0.2, 0) is 0 Å². The van der Waals surface area contributed by atoms with Gasteiger partial charge in [-0.3, -0.25) is 0 Å². The Morgan fingerprint density at radius 2 is 2.17 bits per heavy atom. The Bertz CT molecular complexity index is 142. The van der Waals surface area contributed by atoms with Crippen molar-refractivity contribution in [2.75, 3.05) is 20.2 Å². The molecule has 1 unspecified atom stereocenters. The Kier molecular flexibility index (Phi) is 6.73. The molecule has 0 aromatic rings. The van der Waals surface area contributed by atoms with E-state index in [1.165, 1.54) is 0 Å². The van der Waals surface area contributed by atoms with E-state index < -0.39 is 0 Å². The summed E-state index contributed by atoms with van der Waals surface area (Å²) in [6.45, 7) is 3.27. The van der Waals surface area contributed by atoms with Gasteiger partial charge in [0.25, 0.3) is 0 Å². The predicted molar refractivity (Wildman–Crippen MR) is 48.6 cm³/mol. The summed E-state index contributed by atoms with van der Waals surface area (Å²) >= 11 is 0. The molecule has 0 amide bonds. The monoisotopic (exact) mass is 170 g/mol. The van der Waals surface area contributed by atoms with E-state index in [1.807, 2.05) is 14.0 Å². The van der Waals surface area contributed by atoms with Crippen LogP contribution in [0.2, 0.25) is 0 Å². The van der Waals surface area contributed by atoms with E-state index in [0.717, 1.165) is 19.4 Å². The molecule has 1 N–H and O–H groups in total. The van der Waals surface area contributed by atoms with Gasteiger partial charge in [-0.25, -0.2) is 0 Å². The Balaban J connectivity index is 3.43.